The number of halogens is 1. The van der Waals surface area contributed by atoms with Crippen molar-refractivity contribution in [2.75, 3.05) is 25.1 Å². The first-order valence-electron chi connectivity index (χ1n) is 16.1. The lowest BCUT2D eigenvalue weighted by atomic mass is 10.0. The molecule has 4 aromatic rings. The van der Waals surface area contributed by atoms with Crippen LogP contribution in [0.25, 0.3) is 0 Å². The van der Waals surface area contributed by atoms with Crippen LogP contribution in [0.2, 0.25) is 0 Å². The minimum atomic E-state index is -4.34. The van der Waals surface area contributed by atoms with E-state index in [9.17, 15) is 18.0 Å². The highest BCUT2D eigenvalue weighted by Gasteiger charge is 2.35. The number of rotatable bonds is 15. The van der Waals surface area contributed by atoms with E-state index in [4.69, 9.17) is 9.47 Å². The Hall–Kier alpha value is -4.35. The first kappa shape index (κ1) is 37.5. The molecule has 0 spiro atoms. The molecular weight excluding hydrogens is 706 g/mol. The number of methoxy groups -OCH3 is 2. The Morgan fingerprint density at radius 2 is 1.49 bits per heavy atom. The summed E-state index contributed by atoms with van der Waals surface area (Å²) in [6.07, 6.45) is 0.933. The van der Waals surface area contributed by atoms with Crippen molar-refractivity contribution in [2.24, 2.45) is 0 Å². The maximum absolute atomic E-state index is 14.8. The van der Waals surface area contributed by atoms with Crippen molar-refractivity contribution in [3.8, 4) is 11.5 Å². The molecule has 49 heavy (non-hydrogen) atoms. The summed E-state index contributed by atoms with van der Waals surface area (Å²) >= 11 is 3.52. The first-order chi connectivity index (χ1) is 23.4. The third kappa shape index (κ3) is 9.64. The molecule has 0 saturated carbocycles. The van der Waals surface area contributed by atoms with Gasteiger partial charge in [0.05, 0.1) is 24.8 Å². The van der Waals surface area contributed by atoms with Crippen LogP contribution in [-0.4, -0.2) is 58.0 Å². The molecule has 1 N–H and O–H groups in total. The molecule has 2 amide bonds. The highest BCUT2D eigenvalue weighted by molar-refractivity contribution is 9.10. The summed E-state index contributed by atoms with van der Waals surface area (Å²) in [5, 5.41) is 3.06. The normalized spacial score (nSPS) is 12.5. The van der Waals surface area contributed by atoms with Gasteiger partial charge in [0.1, 0.15) is 12.6 Å². The second-order valence-electron chi connectivity index (χ2n) is 12.0. The van der Waals surface area contributed by atoms with Crippen LogP contribution in [0, 0.1) is 13.8 Å². The topological polar surface area (TPSA) is 105 Å². The largest absolute Gasteiger partial charge is 0.493 e. The number of aryl methyl sites for hydroxylation is 2. The number of hydrogen-bond donors (Lipinski definition) is 1. The lowest BCUT2D eigenvalue weighted by molar-refractivity contribution is -0.140. The number of ether oxygens (including phenoxy) is 2. The van der Waals surface area contributed by atoms with E-state index in [1.54, 1.807) is 12.1 Å². The summed E-state index contributed by atoms with van der Waals surface area (Å²) in [5.74, 6) is -0.256. The van der Waals surface area contributed by atoms with E-state index in [1.807, 2.05) is 88.4 Å². The number of anilines is 1. The van der Waals surface area contributed by atoms with E-state index in [0.29, 0.717) is 17.9 Å². The van der Waals surface area contributed by atoms with Crippen LogP contribution < -0.4 is 19.1 Å². The third-order valence-corrected chi connectivity index (χ3v) is 10.5. The molecule has 0 unspecified atom stereocenters. The molecule has 9 nitrogen and oxygen atoms in total. The molecule has 4 rings (SSSR count). The lowest BCUT2D eigenvalue weighted by Gasteiger charge is -2.34. The van der Waals surface area contributed by atoms with Crippen molar-refractivity contribution >= 4 is 43.5 Å². The Morgan fingerprint density at radius 3 is 2.10 bits per heavy atom. The zero-order valence-electron chi connectivity index (χ0n) is 28.8. The molecule has 0 bridgehead atoms. The smallest absolute Gasteiger partial charge is 0.264 e. The summed E-state index contributed by atoms with van der Waals surface area (Å²) in [6.45, 7) is 7.14. The number of nitrogens with zero attached hydrogens (tertiary/aromatic N) is 2. The third-order valence-electron chi connectivity index (χ3n) is 8.23. The van der Waals surface area contributed by atoms with Gasteiger partial charge in [0.25, 0.3) is 10.0 Å². The number of benzene rings is 4. The quantitative estimate of drug-likeness (QED) is 0.143. The molecular formula is C38H44BrN3O6S. The minimum Gasteiger partial charge on any atom is -0.493 e. The predicted molar refractivity (Wildman–Crippen MR) is 197 cm³/mol. The molecule has 0 fully saturated rings. The first-order valence-corrected chi connectivity index (χ1v) is 18.3. The van der Waals surface area contributed by atoms with Gasteiger partial charge in [0, 0.05) is 29.5 Å². The zero-order valence-corrected chi connectivity index (χ0v) is 31.2. The Kier molecular flexibility index (Phi) is 12.9. The van der Waals surface area contributed by atoms with E-state index >= 15 is 0 Å². The molecule has 0 aromatic heterocycles. The van der Waals surface area contributed by atoms with Gasteiger partial charge >= 0.3 is 0 Å². The molecule has 0 aliphatic carbocycles. The van der Waals surface area contributed by atoms with Gasteiger partial charge < -0.3 is 19.7 Å². The van der Waals surface area contributed by atoms with Crippen LogP contribution >= 0.6 is 15.9 Å². The van der Waals surface area contributed by atoms with E-state index in [2.05, 4.69) is 21.2 Å². The number of carbonyl (C=O) groups is 2. The molecule has 260 valence electrons. The predicted octanol–water partition coefficient (Wildman–Crippen LogP) is 6.83. The Bertz CT molecular complexity index is 1850. The monoisotopic (exact) mass is 749 g/mol. The van der Waals surface area contributed by atoms with Crippen LogP contribution in [0.15, 0.2) is 100 Å². The summed E-state index contributed by atoms with van der Waals surface area (Å²) in [4.78, 5) is 30.2. The SMILES string of the molecule is CC[C@@H](C)NC(=O)[C@H](Cc1ccccc1)N(Cc1cccc(Br)c1)C(=O)CN(c1cc(C)cc(C)c1)S(=O)(=O)c1ccc(OC)c(OC)c1. The Balaban J connectivity index is 1.86. The highest BCUT2D eigenvalue weighted by Crippen LogP contribution is 2.33. The van der Waals surface area contributed by atoms with E-state index in [0.717, 1.165) is 31.0 Å². The summed E-state index contributed by atoms with van der Waals surface area (Å²) in [7, 11) is -1.44. The van der Waals surface area contributed by atoms with Gasteiger partial charge in [-0.15, -0.1) is 0 Å². The fraction of sp³-hybridized carbons (Fsp3) is 0.316. The van der Waals surface area contributed by atoms with Gasteiger partial charge in [-0.1, -0.05) is 71.4 Å². The molecule has 0 aliphatic rings. The summed E-state index contributed by atoms with van der Waals surface area (Å²) in [6, 6.07) is 25.6. The Morgan fingerprint density at radius 1 is 0.837 bits per heavy atom. The maximum atomic E-state index is 14.8. The summed E-state index contributed by atoms with van der Waals surface area (Å²) < 4.78 is 41.7. The molecule has 0 saturated heterocycles. The minimum absolute atomic E-state index is 0.0702. The molecule has 2 atom stereocenters. The van der Waals surface area contributed by atoms with Gasteiger partial charge in [0.2, 0.25) is 11.8 Å². The van der Waals surface area contributed by atoms with Gasteiger partial charge in [-0.05, 0) is 85.8 Å². The van der Waals surface area contributed by atoms with Gasteiger partial charge in [0.15, 0.2) is 11.5 Å². The second-order valence-corrected chi connectivity index (χ2v) is 14.8. The molecule has 0 heterocycles. The van der Waals surface area contributed by atoms with Gasteiger partial charge in [-0.3, -0.25) is 13.9 Å². The van der Waals surface area contributed by atoms with Gasteiger partial charge in [-0.25, -0.2) is 8.42 Å². The van der Waals surface area contributed by atoms with Crippen LogP contribution in [0.3, 0.4) is 0 Å². The lowest BCUT2D eigenvalue weighted by Crippen LogP contribution is -2.54. The fourth-order valence-electron chi connectivity index (χ4n) is 5.55. The number of nitrogens with one attached hydrogen (secondary N) is 1. The Labute approximate surface area is 298 Å². The van der Waals surface area contributed by atoms with Gasteiger partial charge in [-0.2, -0.15) is 0 Å². The van der Waals surface area contributed by atoms with Crippen molar-refractivity contribution in [1.82, 2.24) is 10.2 Å². The van der Waals surface area contributed by atoms with Crippen molar-refractivity contribution in [1.29, 1.82) is 0 Å². The fourth-order valence-corrected chi connectivity index (χ4v) is 7.42. The number of carbonyl (C=O) groups excluding carboxylic acids is 2. The van der Waals surface area contributed by atoms with Crippen LogP contribution in [0.5, 0.6) is 11.5 Å². The number of sulfonamides is 1. The van der Waals surface area contributed by atoms with Crippen molar-refractivity contribution in [3.63, 3.8) is 0 Å². The van der Waals surface area contributed by atoms with E-state index in [-0.39, 0.29) is 35.6 Å². The standard InChI is InChI=1S/C38H44BrN3O6S/c1-7-28(4)40-38(44)34(22-29-12-9-8-10-13-29)41(24-30-14-11-15-31(39)21-30)37(43)25-42(32-19-26(2)18-27(3)20-32)49(45,46)33-16-17-35(47-5)36(23-33)48-6/h8-21,23,28,34H,7,22,24-25H2,1-6H3,(H,40,44)/t28-,34+/m1/s1. The maximum Gasteiger partial charge on any atom is 0.264 e. The highest BCUT2D eigenvalue weighted by atomic mass is 79.9. The van der Waals surface area contributed by atoms with E-state index < -0.39 is 28.5 Å². The van der Waals surface area contributed by atoms with Crippen LogP contribution in [-0.2, 0) is 32.6 Å². The second kappa shape index (κ2) is 16.8. The molecule has 0 radical (unpaired) electrons. The van der Waals surface area contributed by atoms with Crippen molar-refractivity contribution in [2.45, 2.75) is 64.1 Å². The average Bonchev–Trinajstić information content (AvgIpc) is 3.08. The van der Waals surface area contributed by atoms with Crippen LogP contribution in [0.1, 0.15) is 42.5 Å². The zero-order chi connectivity index (χ0) is 35.7. The molecule has 0 aliphatic heterocycles. The molecule has 11 heteroatoms. The van der Waals surface area contributed by atoms with Crippen molar-refractivity contribution in [3.05, 3.63) is 118 Å². The summed E-state index contributed by atoms with van der Waals surface area (Å²) in [5.41, 5.74) is 3.62. The number of amides is 2. The molecule has 4 aromatic carbocycles. The van der Waals surface area contributed by atoms with Crippen LogP contribution in [0.4, 0.5) is 5.69 Å². The van der Waals surface area contributed by atoms with Crippen molar-refractivity contribution < 1.29 is 27.5 Å². The number of hydrogen-bond acceptors (Lipinski definition) is 6. The average molecular weight is 751 g/mol. The van der Waals surface area contributed by atoms with E-state index in [1.165, 1.54) is 37.3 Å².